The molecule has 0 saturated heterocycles. The Morgan fingerprint density at radius 2 is 2.33 bits per heavy atom. The van der Waals surface area contributed by atoms with E-state index in [1.165, 1.54) is 18.4 Å². The number of nitriles is 1. The zero-order valence-electron chi connectivity index (χ0n) is 7.71. The molecule has 0 bridgehead atoms. The van der Waals surface area contributed by atoms with E-state index in [2.05, 4.69) is 17.5 Å². The van der Waals surface area contributed by atoms with Crippen molar-refractivity contribution < 1.29 is 0 Å². The highest BCUT2D eigenvalue weighted by molar-refractivity contribution is 4.97. The maximum Gasteiger partial charge on any atom is 0.0635 e. The Hall–Kier alpha value is -0.810. The van der Waals surface area contributed by atoms with Gasteiger partial charge >= 0.3 is 0 Å². The van der Waals surface area contributed by atoms with Gasteiger partial charge in [-0.15, -0.1) is 0 Å². The van der Waals surface area contributed by atoms with Gasteiger partial charge in [0.1, 0.15) is 0 Å². The Morgan fingerprint density at radius 1 is 1.67 bits per heavy atom. The molecule has 0 unspecified atom stereocenters. The van der Waals surface area contributed by atoms with Gasteiger partial charge in [0, 0.05) is 25.6 Å². The van der Waals surface area contributed by atoms with E-state index in [4.69, 9.17) is 5.26 Å². The molecule has 2 nitrogen and oxygen atoms in total. The zero-order chi connectivity index (χ0) is 8.97. The lowest BCUT2D eigenvalue weighted by Crippen LogP contribution is -2.28. The van der Waals surface area contributed by atoms with Crippen molar-refractivity contribution in [3.05, 3.63) is 12.2 Å². The highest BCUT2D eigenvalue weighted by atomic mass is 15.2. The third kappa shape index (κ3) is 3.06. The maximum absolute atomic E-state index is 8.45. The third-order valence-corrected chi connectivity index (χ3v) is 2.05. The second-order valence-electron chi connectivity index (χ2n) is 3.57. The Morgan fingerprint density at radius 3 is 2.75 bits per heavy atom. The summed E-state index contributed by atoms with van der Waals surface area (Å²) in [6.07, 6.45) is 3.25. The molecule has 0 aliphatic heterocycles. The van der Waals surface area contributed by atoms with E-state index in [1.54, 1.807) is 0 Å². The molecule has 0 radical (unpaired) electrons. The number of hydrogen-bond donors (Lipinski definition) is 0. The first-order valence-corrected chi connectivity index (χ1v) is 4.49. The quantitative estimate of drug-likeness (QED) is 0.581. The molecule has 1 aliphatic carbocycles. The predicted molar refractivity (Wildman–Crippen MR) is 49.6 cm³/mol. The van der Waals surface area contributed by atoms with Crippen molar-refractivity contribution in [2.24, 2.45) is 0 Å². The Bertz CT molecular complexity index is 198. The molecule has 66 valence electrons. The molecule has 0 aromatic heterocycles. The summed E-state index contributed by atoms with van der Waals surface area (Å²) in [5.41, 5.74) is 1.19. The lowest BCUT2D eigenvalue weighted by atomic mass is 10.3. The summed E-state index contributed by atoms with van der Waals surface area (Å²) in [4.78, 5) is 2.37. The van der Waals surface area contributed by atoms with Crippen LogP contribution in [-0.4, -0.2) is 24.0 Å². The number of hydrogen-bond acceptors (Lipinski definition) is 2. The van der Waals surface area contributed by atoms with Gasteiger partial charge in [-0.1, -0.05) is 12.2 Å². The second kappa shape index (κ2) is 4.27. The summed E-state index contributed by atoms with van der Waals surface area (Å²) in [5.74, 6) is 0. The highest BCUT2D eigenvalue weighted by Gasteiger charge is 2.27. The number of nitrogens with zero attached hydrogens (tertiary/aromatic N) is 2. The van der Waals surface area contributed by atoms with Gasteiger partial charge in [0.05, 0.1) is 6.07 Å². The van der Waals surface area contributed by atoms with Crippen LogP contribution in [-0.2, 0) is 0 Å². The first-order valence-electron chi connectivity index (χ1n) is 4.49. The van der Waals surface area contributed by atoms with E-state index in [9.17, 15) is 0 Å². The molecule has 1 saturated carbocycles. The van der Waals surface area contributed by atoms with Gasteiger partial charge in [-0.05, 0) is 19.8 Å². The van der Waals surface area contributed by atoms with Gasteiger partial charge in [-0.3, -0.25) is 4.90 Å². The second-order valence-corrected chi connectivity index (χ2v) is 3.57. The van der Waals surface area contributed by atoms with E-state index in [-0.39, 0.29) is 0 Å². The van der Waals surface area contributed by atoms with Crippen molar-refractivity contribution in [3.63, 3.8) is 0 Å². The lowest BCUT2D eigenvalue weighted by Gasteiger charge is -2.20. The Balaban J connectivity index is 2.28. The Kier molecular flexibility index (Phi) is 3.31. The summed E-state index contributed by atoms with van der Waals surface area (Å²) in [6.45, 7) is 7.81. The summed E-state index contributed by atoms with van der Waals surface area (Å²) in [6, 6.07) is 2.93. The van der Waals surface area contributed by atoms with Crippen LogP contribution in [0.5, 0.6) is 0 Å². The Labute approximate surface area is 74.5 Å². The number of rotatable bonds is 5. The lowest BCUT2D eigenvalue weighted by molar-refractivity contribution is 0.293. The van der Waals surface area contributed by atoms with Crippen LogP contribution in [0.25, 0.3) is 0 Å². The first kappa shape index (κ1) is 9.28. The SMILES string of the molecule is C=C(C)CN(CCC#N)C1CC1. The van der Waals surface area contributed by atoms with Crippen LogP contribution in [0.3, 0.4) is 0 Å². The van der Waals surface area contributed by atoms with E-state index < -0.39 is 0 Å². The minimum atomic E-state index is 0.643. The summed E-state index contributed by atoms with van der Waals surface area (Å²) in [7, 11) is 0. The van der Waals surface area contributed by atoms with Gasteiger partial charge in [0.25, 0.3) is 0 Å². The van der Waals surface area contributed by atoms with Gasteiger partial charge in [-0.2, -0.15) is 5.26 Å². The molecule has 12 heavy (non-hydrogen) atoms. The van der Waals surface area contributed by atoms with Gasteiger partial charge < -0.3 is 0 Å². The average Bonchev–Trinajstić information content (AvgIpc) is 2.79. The van der Waals surface area contributed by atoms with Gasteiger partial charge in [0.15, 0.2) is 0 Å². The van der Waals surface area contributed by atoms with Crippen molar-refractivity contribution in [1.82, 2.24) is 4.90 Å². The minimum absolute atomic E-state index is 0.643. The molecule has 0 spiro atoms. The van der Waals surface area contributed by atoms with Crippen molar-refractivity contribution in [2.45, 2.75) is 32.2 Å². The van der Waals surface area contributed by atoms with Crippen molar-refractivity contribution >= 4 is 0 Å². The van der Waals surface area contributed by atoms with Crippen LogP contribution in [0.15, 0.2) is 12.2 Å². The fourth-order valence-electron chi connectivity index (χ4n) is 1.37. The fraction of sp³-hybridized carbons (Fsp3) is 0.700. The van der Waals surface area contributed by atoms with Crippen LogP contribution in [0, 0.1) is 11.3 Å². The van der Waals surface area contributed by atoms with Crippen LogP contribution in [0.4, 0.5) is 0 Å². The fourth-order valence-corrected chi connectivity index (χ4v) is 1.37. The van der Waals surface area contributed by atoms with Crippen LogP contribution in [0.1, 0.15) is 26.2 Å². The molecule has 1 fully saturated rings. The van der Waals surface area contributed by atoms with Crippen LogP contribution >= 0.6 is 0 Å². The molecule has 1 aliphatic rings. The smallest absolute Gasteiger partial charge is 0.0635 e. The molecule has 0 heterocycles. The summed E-state index contributed by atoms with van der Waals surface area (Å²) in [5, 5.41) is 8.45. The molecule has 0 amide bonds. The molecule has 0 aromatic rings. The predicted octanol–water partition coefficient (Wildman–Crippen LogP) is 1.94. The molecular weight excluding hydrogens is 148 g/mol. The average molecular weight is 164 g/mol. The molecule has 0 N–H and O–H groups in total. The zero-order valence-corrected chi connectivity index (χ0v) is 7.71. The van der Waals surface area contributed by atoms with E-state index in [1.807, 2.05) is 6.92 Å². The maximum atomic E-state index is 8.45. The molecule has 1 rings (SSSR count). The van der Waals surface area contributed by atoms with Crippen molar-refractivity contribution in [1.29, 1.82) is 5.26 Å². The minimum Gasteiger partial charge on any atom is -0.295 e. The van der Waals surface area contributed by atoms with Crippen LogP contribution < -0.4 is 0 Å². The molecule has 2 heteroatoms. The normalized spacial score (nSPS) is 16.1. The van der Waals surface area contributed by atoms with E-state index >= 15 is 0 Å². The van der Waals surface area contributed by atoms with E-state index in [0.29, 0.717) is 6.42 Å². The standard InChI is InChI=1S/C10H16N2/c1-9(2)8-12(7-3-6-11)10-4-5-10/h10H,1,3-5,7-8H2,2H3. The van der Waals surface area contributed by atoms with Gasteiger partial charge in [0.2, 0.25) is 0 Å². The third-order valence-electron chi connectivity index (χ3n) is 2.05. The van der Waals surface area contributed by atoms with Crippen molar-refractivity contribution in [2.75, 3.05) is 13.1 Å². The van der Waals surface area contributed by atoms with Crippen LogP contribution in [0.2, 0.25) is 0 Å². The largest absolute Gasteiger partial charge is 0.295 e. The van der Waals surface area contributed by atoms with Crippen molar-refractivity contribution in [3.8, 4) is 6.07 Å². The summed E-state index contributed by atoms with van der Waals surface area (Å²) < 4.78 is 0. The monoisotopic (exact) mass is 164 g/mol. The first-order chi connectivity index (χ1) is 5.74. The topological polar surface area (TPSA) is 27.0 Å². The highest BCUT2D eigenvalue weighted by Crippen LogP contribution is 2.27. The molecular formula is C10H16N2. The van der Waals surface area contributed by atoms with Gasteiger partial charge in [-0.25, -0.2) is 0 Å². The molecule has 0 atom stereocenters. The summed E-state index contributed by atoms with van der Waals surface area (Å²) >= 11 is 0. The van der Waals surface area contributed by atoms with E-state index in [0.717, 1.165) is 19.1 Å². The molecule has 0 aromatic carbocycles.